The van der Waals surface area contributed by atoms with E-state index in [4.69, 9.17) is 32.7 Å². The summed E-state index contributed by atoms with van der Waals surface area (Å²) in [5.41, 5.74) is 4.80. The van der Waals surface area contributed by atoms with Crippen LogP contribution in [-0.2, 0) is 9.59 Å². The predicted molar refractivity (Wildman–Crippen MR) is 135 cm³/mol. The van der Waals surface area contributed by atoms with Crippen molar-refractivity contribution in [1.82, 2.24) is 5.43 Å². The second-order valence-corrected chi connectivity index (χ2v) is 8.16. The summed E-state index contributed by atoms with van der Waals surface area (Å²) in [6.45, 7) is 3.51. The Morgan fingerprint density at radius 3 is 2.31 bits per heavy atom. The van der Waals surface area contributed by atoms with Crippen LogP contribution in [0.1, 0.15) is 28.4 Å². The van der Waals surface area contributed by atoms with Gasteiger partial charge in [0.1, 0.15) is 0 Å². The minimum atomic E-state index is -0.980. The van der Waals surface area contributed by atoms with Crippen LogP contribution < -0.4 is 20.2 Å². The molecule has 2 amide bonds. The van der Waals surface area contributed by atoms with Gasteiger partial charge in [0.15, 0.2) is 11.5 Å². The molecule has 10 heteroatoms. The van der Waals surface area contributed by atoms with Crippen molar-refractivity contribution >= 4 is 52.4 Å². The Kier molecular flexibility index (Phi) is 8.46. The molecule has 3 rings (SSSR count). The molecule has 0 aromatic heterocycles. The molecule has 0 bridgehead atoms. The van der Waals surface area contributed by atoms with E-state index in [-0.39, 0.29) is 10.8 Å². The van der Waals surface area contributed by atoms with Crippen molar-refractivity contribution in [2.45, 2.75) is 13.8 Å². The Labute approximate surface area is 211 Å². The molecular weight excluding hydrogens is 493 g/mol. The SMILES string of the molecule is COc1cc(C(C)=NNC(=O)C(=O)Nc2ccc(Cl)c(Cl)c2)ccc1OC(=O)c1cccc(C)c1. The van der Waals surface area contributed by atoms with Gasteiger partial charge in [0.25, 0.3) is 0 Å². The summed E-state index contributed by atoms with van der Waals surface area (Å²) in [6.07, 6.45) is 0. The molecule has 0 fully saturated rings. The van der Waals surface area contributed by atoms with Gasteiger partial charge in [-0.15, -0.1) is 0 Å². The summed E-state index contributed by atoms with van der Waals surface area (Å²) >= 11 is 11.7. The van der Waals surface area contributed by atoms with Crippen LogP contribution in [-0.4, -0.2) is 30.6 Å². The molecule has 0 aliphatic rings. The number of aryl methyl sites for hydroxylation is 1. The van der Waals surface area contributed by atoms with Crippen molar-refractivity contribution in [3.05, 3.63) is 87.4 Å². The molecule has 0 saturated heterocycles. The zero-order chi connectivity index (χ0) is 25.5. The van der Waals surface area contributed by atoms with Gasteiger partial charge in [-0.05, 0) is 62.4 Å². The number of ether oxygens (including phenoxy) is 2. The average molecular weight is 514 g/mol. The van der Waals surface area contributed by atoms with E-state index in [9.17, 15) is 14.4 Å². The summed E-state index contributed by atoms with van der Waals surface area (Å²) in [5, 5.41) is 6.92. The molecule has 0 atom stereocenters. The van der Waals surface area contributed by atoms with Gasteiger partial charge in [0.2, 0.25) is 0 Å². The number of hydrogen-bond donors (Lipinski definition) is 2. The lowest BCUT2D eigenvalue weighted by Gasteiger charge is -2.11. The molecule has 0 radical (unpaired) electrons. The molecule has 3 aromatic carbocycles. The topological polar surface area (TPSA) is 106 Å². The maximum atomic E-state index is 12.5. The smallest absolute Gasteiger partial charge is 0.343 e. The number of carbonyl (C=O) groups excluding carboxylic acids is 3. The fraction of sp³-hybridized carbons (Fsp3) is 0.120. The van der Waals surface area contributed by atoms with E-state index in [1.807, 2.05) is 13.0 Å². The number of amides is 2. The molecule has 0 unspecified atom stereocenters. The van der Waals surface area contributed by atoms with Crippen molar-refractivity contribution in [2.75, 3.05) is 12.4 Å². The molecule has 3 aromatic rings. The molecule has 8 nitrogen and oxygen atoms in total. The molecule has 180 valence electrons. The highest BCUT2D eigenvalue weighted by Gasteiger charge is 2.16. The highest BCUT2D eigenvalue weighted by atomic mass is 35.5. The first kappa shape index (κ1) is 25.7. The number of esters is 1. The van der Waals surface area contributed by atoms with E-state index < -0.39 is 17.8 Å². The van der Waals surface area contributed by atoms with Gasteiger partial charge >= 0.3 is 17.8 Å². The largest absolute Gasteiger partial charge is 0.493 e. The van der Waals surface area contributed by atoms with Crippen LogP contribution in [0, 0.1) is 6.92 Å². The first-order chi connectivity index (χ1) is 16.7. The van der Waals surface area contributed by atoms with Crippen molar-refractivity contribution in [3.63, 3.8) is 0 Å². The molecule has 0 aliphatic carbocycles. The quantitative estimate of drug-likeness (QED) is 0.158. The van der Waals surface area contributed by atoms with Crippen LogP contribution in [0.25, 0.3) is 0 Å². The van der Waals surface area contributed by atoms with Gasteiger partial charge in [-0.2, -0.15) is 5.10 Å². The number of nitrogens with zero attached hydrogens (tertiary/aromatic N) is 1. The Hall–Kier alpha value is -3.88. The standard InChI is InChI=1S/C25H21Cl2N3O5/c1-14-5-4-6-17(11-14)25(33)35-21-10-7-16(12-22(21)34-3)15(2)29-30-24(32)23(31)28-18-8-9-19(26)20(27)13-18/h4-13H,1-3H3,(H,28,31)(H,30,32). The second kappa shape index (κ2) is 11.5. The summed E-state index contributed by atoms with van der Waals surface area (Å²) in [6, 6.07) is 16.2. The third-order valence-electron chi connectivity index (χ3n) is 4.75. The van der Waals surface area contributed by atoms with Crippen LogP contribution >= 0.6 is 23.2 Å². The van der Waals surface area contributed by atoms with E-state index in [1.165, 1.54) is 25.3 Å². The van der Waals surface area contributed by atoms with Gasteiger partial charge in [-0.1, -0.05) is 40.9 Å². The first-order valence-corrected chi connectivity index (χ1v) is 11.0. The lowest BCUT2D eigenvalue weighted by atomic mass is 10.1. The zero-order valence-electron chi connectivity index (χ0n) is 19.0. The monoisotopic (exact) mass is 513 g/mol. The van der Waals surface area contributed by atoms with Crippen LogP contribution in [0.2, 0.25) is 10.0 Å². The number of carbonyl (C=O) groups is 3. The number of benzene rings is 3. The lowest BCUT2D eigenvalue weighted by Crippen LogP contribution is -2.32. The third-order valence-corrected chi connectivity index (χ3v) is 5.49. The van der Waals surface area contributed by atoms with Gasteiger partial charge in [0.05, 0.1) is 28.4 Å². The first-order valence-electron chi connectivity index (χ1n) is 10.3. The van der Waals surface area contributed by atoms with Gasteiger partial charge in [0, 0.05) is 11.3 Å². The fourth-order valence-electron chi connectivity index (χ4n) is 2.92. The van der Waals surface area contributed by atoms with Crippen LogP contribution in [0.15, 0.2) is 65.8 Å². The van der Waals surface area contributed by atoms with Crippen LogP contribution in [0.4, 0.5) is 5.69 Å². The number of halogens is 2. The van der Waals surface area contributed by atoms with E-state index >= 15 is 0 Å². The van der Waals surface area contributed by atoms with Gasteiger partial charge in [-0.25, -0.2) is 10.2 Å². The van der Waals surface area contributed by atoms with Crippen LogP contribution in [0.5, 0.6) is 11.5 Å². The Balaban J connectivity index is 1.66. The molecule has 0 heterocycles. The number of rotatable bonds is 6. The van der Waals surface area contributed by atoms with E-state index in [1.54, 1.807) is 43.3 Å². The minimum Gasteiger partial charge on any atom is -0.493 e. The minimum absolute atomic E-state index is 0.223. The van der Waals surface area contributed by atoms with E-state index in [0.29, 0.717) is 33.3 Å². The number of hydrogen-bond acceptors (Lipinski definition) is 6. The molecular formula is C25H21Cl2N3O5. The summed E-state index contributed by atoms with van der Waals surface area (Å²) in [4.78, 5) is 36.7. The van der Waals surface area contributed by atoms with E-state index in [2.05, 4.69) is 15.8 Å². The molecule has 35 heavy (non-hydrogen) atoms. The zero-order valence-corrected chi connectivity index (χ0v) is 20.5. The molecule has 0 saturated carbocycles. The summed E-state index contributed by atoms with van der Waals surface area (Å²) in [5.74, 6) is -1.92. The van der Waals surface area contributed by atoms with Gasteiger partial charge in [-0.3, -0.25) is 9.59 Å². The highest BCUT2D eigenvalue weighted by Crippen LogP contribution is 2.29. The van der Waals surface area contributed by atoms with E-state index in [0.717, 1.165) is 5.56 Å². The maximum absolute atomic E-state index is 12.5. The fourth-order valence-corrected chi connectivity index (χ4v) is 3.22. The van der Waals surface area contributed by atoms with Crippen molar-refractivity contribution < 1.29 is 23.9 Å². The summed E-state index contributed by atoms with van der Waals surface area (Å²) < 4.78 is 10.8. The number of anilines is 1. The Bertz CT molecular complexity index is 1320. The Morgan fingerprint density at radius 1 is 0.857 bits per heavy atom. The maximum Gasteiger partial charge on any atom is 0.343 e. The highest BCUT2D eigenvalue weighted by molar-refractivity contribution is 6.43. The number of nitrogens with one attached hydrogen (secondary N) is 2. The molecule has 0 aliphatic heterocycles. The van der Waals surface area contributed by atoms with Gasteiger partial charge < -0.3 is 14.8 Å². The molecule has 2 N–H and O–H groups in total. The van der Waals surface area contributed by atoms with Crippen LogP contribution in [0.3, 0.4) is 0 Å². The molecule has 0 spiro atoms. The lowest BCUT2D eigenvalue weighted by molar-refractivity contribution is -0.136. The normalized spacial score (nSPS) is 10.9. The third kappa shape index (κ3) is 6.81. The number of hydrazone groups is 1. The van der Waals surface area contributed by atoms with Crippen molar-refractivity contribution in [3.8, 4) is 11.5 Å². The predicted octanol–water partition coefficient (Wildman–Crippen LogP) is 5.01. The average Bonchev–Trinajstić information content (AvgIpc) is 2.84. The Morgan fingerprint density at radius 2 is 1.63 bits per heavy atom. The second-order valence-electron chi connectivity index (χ2n) is 7.35. The summed E-state index contributed by atoms with van der Waals surface area (Å²) in [7, 11) is 1.44. The van der Waals surface area contributed by atoms with Crippen molar-refractivity contribution in [1.29, 1.82) is 0 Å². The van der Waals surface area contributed by atoms with Crippen molar-refractivity contribution in [2.24, 2.45) is 5.10 Å². The number of methoxy groups -OCH3 is 1.